The number of carbonyl (C=O) groups excluding carboxylic acids is 1. The summed E-state index contributed by atoms with van der Waals surface area (Å²) in [6.45, 7) is 1.89. The summed E-state index contributed by atoms with van der Waals surface area (Å²) in [6, 6.07) is 6.73. The lowest BCUT2D eigenvalue weighted by Gasteiger charge is -2.21. The Hall–Kier alpha value is -2.65. The molecule has 3 heterocycles. The maximum atomic E-state index is 13.3. The van der Waals surface area contributed by atoms with E-state index in [1.165, 1.54) is 23.5 Å². The highest BCUT2D eigenvalue weighted by Gasteiger charge is 2.19. The second-order valence-corrected chi connectivity index (χ2v) is 7.57. The van der Waals surface area contributed by atoms with Crippen molar-refractivity contribution in [3.63, 3.8) is 0 Å². The van der Waals surface area contributed by atoms with Crippen molar-refractivity contribution in [2.75, 3.05) is 18.4 Å². The standard InChI is InChI=1S/C18H19FN6OS/c19-13-3-1-2-12(8-13)9-15-10-21-18(27-15)22-17(26)16-11-25(24-23-16)14-4-6-20-7-5-14/h1-3,8,10-11,14,20H,4-7,9H2,(H,21,22,26). The molecule has 140 valence electrons. The molecule has 27 heavy (non-hydrogen) atoms. The summed E-state index contributed by atoms with van der Waals surface area (Å²) < 4.78 is 15.1. The molecular weight excluding hydrogens is 367 g/mol. The van der Waals surface area contributed by atoms with Crippen LogP contribution < -0.4 is 10.6 Å². The average molecular weight is 386 g/mol. The van der Waals surface area contributed by atoms with Crippen LogP contribution >= 0.6 is 11.3 Å². The average Bonchev–Trinajstić information content (AvgIpc) is 3.32. The number of hydrogen-bond donors (Lipinski definition) is 2. The zero-order chi connectivity index (χ0) is 18.6. The van der Waals surface area contributed by atoms with E-state index in [1.807, 2.05) is 6.07 Å². The predicted molar refractivity (Wildman–Crippen MR) is 100 cm³/mol. The van der Waals surface area contributed by atoms with Gasteiger partial charge in [0.15, 0.2) is 10.8 Å². The molecule has 0 saturated carbocycles. The van der Waals surface area contributed by atoms with Crippen LogP contribution in [0.2, 0.25) is 0 Å². The molecule has 1 aliphatic rings. The highest BCUT2D eigenvalue weighted by molar-refractivity contribution is 7.15. The van der Waals surface area contributed by atoms with Crippen LogP contribution in [0.25, 0.3) is 0 Å². The third-order valence-electron chi connectivity index (χ3n) is 4.47. The number of halogens is 1. The fourth-order valence-electron chi connectivity index (χ4n) is 3.09. The zero-order valence-corrected chi connectivity index (χ0v) is 15.4. The smallest absolute Gasteiger partial charge is 0.279 e. The van der Waals surface area contributed by atoms with Gasteiger partial charge in [0.05, 0.1) is 12.2 Å². The van der Waals surface area contributed by atoms with Crippen molar-refractivity contribution in [3.8, 4) is 0 Å². The third-order valence-corrected chi connectivity index (χ3v) is 5.38. The second-order valence-electron chi connectivity index (χ2n) is 6.46. The van der Waals surface area contributed by atoms with Gasteiger partial charge in [-0.3, -0.25) is 10.1 Å². The van der Waals surface area contributed by atoms with E-state index in [0.29, 0.717) is 11.6 Å². The summed E-state index contributed by atoms with van der Waals surface area (Å²) >= 11 is 1.36. The largest absolute Gasteiger partial charge is 0.317 e. The number of piperidine rings is 1. The van der Waals surface area contributed by atoms with Crippen LogP contribution in [0.5, 0.6) is 0 Å². The SMILES string of the molecule is O=C(Nc1ncc(Cc2cccc(F)c2)s1)c1cn(C2CCNCC2)nn1. The Balaban J connectivity index is 1.38. The van der Waals surface area contributed by atoms with Crippen molar-refractivity contribution in [3.05, 3.63) is 58.6 Å². The number of aromatic nitrogens is 4. The molecule has 1 aliphatic heterocycles. The molecule has 2 N–H and O–H groups in total. The molecule has 0 radical (unpaired) electrons. The number of nitrogens with zero attached hydrogens (tertiary/aromatic N) is 4. The first-order valence-electron chi connectivity index (χ1n) is 8.80. The van der Waals surface area contributed by atoms with Gasteiger partial charge >= 0.3 is 0 Å². The van der Waals surface area contributed by atoms with Crippen LogP contribution in [0.15, 0.2) is 36.7 Å². The molecule has 0 unspecified atom stereocenters. The van der Waals surface area contributed by atoms with Gasteiger partial charge in [-0.15, -0.1) is 16.4 Å². The predicted octanol–water partition coefficient (Wildman–Crippen LogP) is 2.64. The van der Waals surface area contributed by atoms with Gasteiger partial charge in [0.25, 0.3) is 5.91 Å². The molecule has 1 fully saturated rings. The van der Waals surface area contributed by atoms with Crippen molar-refractivity contribution in [1.29, 1.82) is 0 Å². The van der Waals surface area contributed by atoms with Crippen molar-refractivity contribution in [1.82, 2.24) is 25.3 Å². The number of benzene rings is 1. The number of carbonyl (C=O) groups is 1. The fraction of sp³-hybridized carbons (Fsp3) is 0.333. The Morgan fingerprint density at radius 2 is 2.22 bits per heavy atom. The minimum absolute atomic E-state index is 0.262. The van der Waals surface area contributed by atoms with Gasteiger partial charge in [0.2, 0.25) is 0 Å². The van der Waals surface area contributed by atoms with E-state index >= 15 is 0 Å². The van der Waals surface area contributed by atoms with Gasteiger partial charge in [-0.25, -0.2) is 14.1 Å². The first kappa shape index (κ1) is 17.7. The minimum atomic E-state index is -0.332. The van der Waals surface area contributed by atoms with E-state index in [-0.39, 0.29) is 23.5 Å². The fourth-order valence-corrected chi connectivity index (χ4v) is 3.93. The zero-order valence-electron chi connectivity index (χ0n) is 14.6. The molecule has 3 aromatic rings. The number of thiazole rings is 1. The van der Waals surface area contributed by atoms with Crippen LogP contribution in [0, 0.1) is 5.82 Å². The number of nitrogens with one attached hydrogen (secondary N) is 2. The molecule has 4 rings (SSSR count). The van der Waals surface area contributed by atoms with Crippen LogP contribution in [0.3, 0.4) is 0 Å². The second kappa shape index (κ2) is 7.93. The van der Waals surface area contributed by atoms with Crippen molar-refractivity contribution < 1.29 is 9.18 Å². The molecule has 2 aromatic heterocycles. The highest BCUT2D eigenvalue weighted by Crippen LogP contribution is 2.22. The lowest BCUT2D eigenvalue weighted by atomic mass is 10.1. The molecule has 0 spiro atoms. The Bertz CT molecular complexity index is 933. The van der Waals surface area contributed by atoms with Crippen LogP contribution in [0.1, 0.15) is 39.8 Å². The highest BCUT2D eigenvalue weighted by atomic mass is 32.1. The summed E-state index contributed by atoms with van der Waals surface area (Å²) in [7, 11) is 0. The van der Waals surface area contributed by atoms with E-state index in [2.05, 4.69) is 25.9 Å². The van der Waals surface area contributed by atoms with Crippen LogP contribution in [-0.4, -0.2) is 39.0 Å². The summed E-state index contributed by atoms with van der Waals surface area (Å²) in [5.74, 6) is -0.593. The lowest BCUT2D eigenvalue weighted by Crippen LogP contribution is -2.29. The summed E-state index contributed by atoms with van der Waals surface area (Å²) in [5.41, 5.74) is 1.14. The molecule has 7 nitrogen and oxygen atoms in total. The van der Waals surface area contributed by atoms with Gasteiger partial charge in [0.1, 0.15) is 5.82 Å². The topological polar surface area (TPSA) is 84.7 Å². The van der Waals surface area contributed by atoms with Gasteiger partial charge in [-0.05, 0) is 43.6 Å². The van der Waals surface area contributed by atoms with E-state index in [9.17, 15) is 9.18 Å². The number of hydrogen-bond acceptors (Lipinski definition) is 6. The van der Waals surface area contributed by atoms with E-state index in [4.69, 9.17) is 0 Å². The van der Waals surface area contributed by atoms with Crippen molar-refractivity contribution >= 4 is 22.4 Å². The van der Waals surface area contributed by atoms with Gasteiger partial charge in [0, 0.05) is 17.5 Å². The van der Waals surface area contributed by atoms with Gasteiger partial charge in [-0.2, -0.15) is 0 Å². The quantitative estimate of drug-likeness (QED) is 0.704. The number of amides is 1. The minimum Gasteiger partial charge on any atom is -0.317 e. The summed E-state index contributed by atoms with van der Waals surface area (Å²) in [6.07, 6.45) is 5.89. The molecule has 1 saturated heterocycles. The van der Waals surface area contributed by atoms with E-state index < -0.39 is 0 Å². The molecule has 1 amide bonds. The van der Waals surface area contributed by atoms with Crippen LogP contribution in [-0.2, 0) is 6.42 Å². The van der Waals surface area contributed by atoms with Crippen molar-refractivity contribution in [2.24, 2.45) is 0 Å². The summed E-state index contributed by atoms with van der Waals surface area (Å²) in [4.78, 5) is 17.6. The van der Waals surface area contributed by atoms with E-state index in [0.717, 1.165) is 36.4 Å². The monoisotopic (exact) mass is 386 g/mol. The first-order chi connectivity index (χ1) is 13.2. The first-order valence-corrected chi connectivity index (χ1v) is 9.62. The third kappa shape index (κ3) is 4.37. The number of anilines is 1. The molecule has 9 heteroatoms. The molecule has 0 aliphatic carbocycles. The molecule has 0 atom stereocenters. The van der Waals surface area contributed by atoms with Crippen molar-refractivity contribution in [2.45, 2.75) is 25.3 Å². The molecule has 0 bridgehead atoms. The normalized spacial score (nSPS) is 15.0. The van der Waals surface area contributed by atoms with Gasteiger partial charge < -0.3 is 5.32 Å². The Morgan fingerprint density at radius 1 is 1.37 bits per heavy atom. The Kier molecular flexibility index (Phi) is 5.21. The lowest BCUT2D eigenvalue weighted by molar-refractivity contribution is 0.102. The molecular formula is C18H19FN6OS. The number of rotatable bonds is 5. The van der Waals surface area contributed by atoms with E-state index in [1.54, 1.807) is 23.1 Å². The van der Waals surface area contributed by atoms with Gasteiger partial charge in [-0.1, -0.05) is 17.3 Å². The molecule has 1 aromatic carbocycles. The Labute approximate surface area is 159 Å². The van der Waals surface area contributed by atoms with Crippen LogP contribution in [0.4, 0.5) is 9.52 Å². The maximum absolute atomic E-state index is 13.3. The summed E-state index contributed by atoms with van der Waals surface area (Å²) in [5, 5.41) is 14.6. The maximum Gasteiger partial charge on any atom is 0.279 e. The Morgan fingerprint density at radius 3 is 3.04 bits per heavy atom.